The number of carbonyl (C=O) groups is 2. The summed E-state index contributed by atoms with van der Waals surface area (Å²) >= 11 is 0. The van der Waals surface area contributed by atoms with Gasteiger partial charge in [-0.1, -0.05) is 19.3 Å². The maximum absolute atomic E-state index is 12.6. The summed E-state index contributed by atoms with van der Waals surface area (Å²) in [5.41, 5.74) is 7.59. The molecule has 3 N–H and O–H groups in total. The van der Waals surface area contributed by atoms with E-state index in [-0.39, 0.29) is 11.8 Å². The van der Waals surface area contributed by atoms with Gasteiger partial charge in [0, 0.05) is 24.6 Å². The third-order valence-corrected chi connectivity index (χ3v) is 5.21. The van der Waals surface area contributed by atoms with Crippen molar-refractivity contribution in [1.29, 1.82) is 0 Å². The van der Waals surface area contributed by atoms with E-state index in [4.69, 9.17) is 5.73 Å². The molecule has 1 saturated carbocycles. The molecule has 1 heterocycles. The number of piperidine rings is 1. The quantitative estimate of drug-likeness (QED) is 0.890. The summed E-state index contributed by atoms with van der Waals surface area (Å²) in [7, 11) is 0. The molecule has 0 bridgehead atoms. The Kier molecular flexibility index (Phi) is 5.38. The van der Waals surface area contributed by atoms with Crippen molar-refractivity contribution in [3.05, 3.63) is 23.8 Å². The molecule has 1 aliphatic carbocycles. The molecule has 3 rings (SSSR count). The summed E-state index contributed by atoms with van der Waals surface area (Å²) < 4.78 is 0. The molecule has 24 heavy (non-hydrogen) atoms. The Labute approximate surface area is 143 Å². The normalized spacial score (nSPS) is 19.1. The first-order chi connectivity index (χ1) is 11.6. The van der Waals surface area contributed by atoms with Crippen molar-refractivity contribution in [3.8, 4) is 0 Å². The average Bonchev–Trinajstić information content (AvgIpc) is 2.63. The molecule has 0 unspecified atom stereocenters. The third kappa shape index (κ3) is 3.89. The zero-order valence-electron chi connectivity index (χ0n) is 14.2. The van der Waals surface area contributed by atoms with Crippen LogP contribution < -0.4 is 16.0 Å². The zero-order valence-corrected chi connectivity index (χ0v) is 14.2. The first kappa shape index (κ1) is 16.8. The minimum absolute atomic E-state index is 0.0783. The fraction of sp³-hybridized carbons (Fsp3) is 0.579. The number of carbonyl (C=O) groups excluding carboxylic acids is 2. The van der Waals surface area contributed by atoms with Gasteiger partial charge in [-0.3, -0.25) is 9.59 Å². The van der Waals surface area contributed by atoms with E-state index in [1.807, 2.05) is 6.07 Å². The van der Waals surface area contributed by atoms with Gasteiger partial charge >= 0.3 is 0 Å². The molecule has 0 radical (unpaired) electrons. The second kappa shape index (κ2) is 7.69. The first-order valence-corrected chi connectivity index (χ1v) is 9.15. The largest absolute Gasteiger partial charge is 0.370 e. The summed E-state index contributed by atoms with van der Waals surface area (Å²) in [4.78, 5) is 26.5. The fourth-order valence-electron chi connectivity index (χ4n) is 3.80. The minimum atomic E-state index is -0.464. The number of nitrogens with two attached hydrogens (primary N) is 1. The second-order valence-electron chi connectivity index (χ2n) is 6.97. The molecule has 0 spiro atoms. The zero-order chi connectivity index (χ0) is 16.9. The molecule has 1 aromatic carbocycles. The lowest BCUT2D eigenvalue weighted by Gasteiger charge is -2.31. The molecule has 5 nitrogen and oxygen atoms in total. The van der Waals surface area contributed by atoms with Crippen LogP contribution in [0.4, 0.5) is 11.4 Å². The van der Waals surface area contributed by atoms with E-state index in [0.717, 1.165) is 63.0 Å². The fourth-order valence-corrected chi connectivity index (χ4v) is 3.80. The Morgan fingerprint density at radius 3 is 2.33 bits per heavy atom. The van der Waals surface area contributed by atoms with Crippen molar-refractivity contribution >= 4 is 23.2 Å². The van der Waals surface area contributed by atoms with Crippen LogP contribution in [0.5, 0.6) is 0 Å². The lowest BCUT2D eigenvalue weighted by atomic mass is 9.88. The topological polar surface area (TPSA) is 75.4 Å². The molecule has 1 aliphatic heterocycles. The lowest BCUT2D eigenvalue weighted by Crippen LogP contribution is -2.31. The number of benzene rings is 1. The van der Waals surface area contributed by atoms with Gasteiger partial charge in [0.05, 0.1) is 11.4 Å². The van der Waals surface area contributed by atoms with Crippen molar-refractivity contribution < 1.29 is 9.59 Å². The monoisotopic (exact) mass is 329 g/mol. The number of rotatable bonds is 4. The molecule has 0 aromatic heterocycles. The summed E-state index contributed by atoms with van der Waals surface area (Å²) in [5, 5.41) is 3.08. The van der Waals surface area contributed by atoms with Gasteiger partial charge in [0.2, 0.25) is 11.8 Å². The highest BCUT2D eigenvalue weighted by Gasteiger charge is 2.23. The summed E-state index contributed by atoms with van der Waals surface area (Å²) in [6.07, 6.45) is 8.96. The second-order valence-corrected chi connectivity index (χ2v) is 6.97. The molecule has 2 fully saturated rings. The highest BCUT2D eigenvalue weighted by Crippen LogP contribution is 2.31. The van der Waals surface area contributed by atoms with Crippen molar-refractivity contribution in [1.82, 2.24) is 0 Å². The van der Waals surface area contributed by atoms with Gasteiger partial charge in [0.25, 0.3) is 0 Å². The number of primary amides is 1. The Hall–Kier alpha value is -2.04. The number of hydrogen-bond donors (Lipinski definition) is 2. The average molecular weight is 329 g/mol. The number of hydrogen-bond acceptors (Lipinski definition) is 3. The first-order valence-electron chi connectivity index (χ1n) is 9.15. The number of amides is 2. The maximum Gasteiger partial charge on any atom is 0.248 e. The Bertz CT molecular complexity index is 603. The van der Waals surface area contributed by atoms with E-state index < -0.39 is 5.91 Å². The Balaban J connectivity index is 1.83. The minimum Gasteiger partial charge on any atom is -0.370 e. The van der Waals surface area contributed by atoms with E-state index in [0.29, 0.717) is 5.56 Å². The van der Waals surface area contributed by atoms with E-state index in [1.54, 1.807) is 12.1 Å². The summed E-state index contributed by atoms with van der Waals surface area (Å²) in [5.74, 6) is -0.298. The standard InChI is InChI=1S/C19H27N3O2/c20-18(23)15-9-10-17(22-11-5-2-6-12-22)16(13-15)21-19(24)14-7-3-1-4-8-14/h9-10,13-14H,1-8,11-12H2,(H2,20,23)(H,21,24). The molecule has 2 amide bonds. The lowest BCUT2D eigenvalue weighted by molar-refractivity contribution is -0.120. The van der Waals surface area contributed by atoms with E-state index in [9.17, 15) is 9.59 Å². The molecular weight excluding hydrogens is 302 g/mol. The van der Waals surface area contributed by atoms with Gasteiger partial charge in [-0.2, -0.15) is 0 Å². The van der Waals surface area contributed by atoms with Crippen LogP contribution in [0, 0.1) is 5.92 Å². The van der Waals surface area contributed by atoms with Crippen LogP contribution in [0.25, 0.3) is 0 Å². The highest BCUT2D eigenvalue weighted by molar-refractivity contribution is 6.00. The molecular formula is C19H27N3O2. The van der Waals surface area contributed by atoms with Gasteiger partial charge in [0.15, 0.2) is 0 Å². The van der Waals surface area contributed by atoms with Crippen LogP contribution in [0.15, 0.2) is 18.2 Å². The Morgan fingerprint density at radius 2 is 1.67 bits per heavy atom. The molecule has 5 heteroatoms. The summed E-state index contributed by atoms with van der Waals surface area (Å²) in [6.45, 7) is 1.98. The SMILES string of the molecule is NC(=O)c1ccc(N2CCCCC2)c(NC(=O)C2CCCCC2)c1. The van der Waals surface area contributed by atoms with Gasteiger partial charge in [-0.15, -0.1) is 0 Å². The third-order valence-electron chi connectivity index (χ3n) is 5.21. The van der Waals surface area contributed by atoms with Gasteiger partial charge in [-0.05, 0) is 50.3 Å². The van der Waals surface area contributed by atoms with Crippen LogP contribution in [0.2, 0.25) is 0 Å². The molecule has 1 saturated heterocycles. The van der Waals surface area contributed by atoms with Crippen molar-refractivity contribution in [2.75, 3.05) is 23.3 Å². The number of nitrogens with one attached hydrogen (secondary N) is 1. The molecule has 0 atom stereocenters. The summed E-state index contributed by atoms with van der Waals surface area (Å²) in [6, 6.07) is 5.40. The highest BCUT2D eigenvalue weighted by atomic mass is 16.2. The van der Waals surface area contributed by atoms with E-state index in [1.165, 1.54) is 12.8 Å². The van der Waals surface area contributed by atoms with Crippen LogP contribution in [-0.4, -0.2) is 24.9 Å². The van der Waals surface area contributed by atoms with Crippen molar-refractivity contribution in [2.45, 2.75) is 51.4 Å². The Morgan fingerprint density at radius 1 is 1.00 bits per heavy atom. The van der Waals surface area contributed by atoms with Gasteiger partial charge < -0.3 is 16.0 Å². The van der Waals surface area contributed by atoms with Crippen LogP contribution in [0.1, 0.15) is 61.7 Å². The predicted molar refractivity (Wildman–Crippen MR) is 96.2 cm³/mol. The van der Waals surface area contributed by atoms with Crippen LogP contribution >= 0.6 is 0 Å². The van der Waals surface area contributed by atoms with Crippen LogP contribution in [0.3, 0.4) is 0 Å². The number of nitrogens with zero attached hydrogens (tertiary/aromatic N) is 1. The predicted octanol–water partition coefficient (Wildman–Crippen LogP) is 3.29. The van der Waals surface area contributed by atoms with Crippen molar-refractivity contribution in [2.24, 2.45) is 11.7 Å². The van der Waals surface area contributed by atoms with E-state index in [2.05, 4.69) is 10.2 Å². The van der Waals surface area contributed by atoms with Crippen LogP contribution in [-0.2, 0) is 4.79 Å². The van der Waals surface area contributed by atoms with Gasteiger partial charge in [-0.25, -0.2) is 0 Å². The maximum atomic E-state index is 12.6. The molecule has 2 aliphatic rings. The molecule has 1 aromatic rings. The van der Waals surface area contributed by atoms with Gasteiger partial charge in [0.1, 0.15) is 0 Å². The van der Waals surface area contributed by atoms with Crippen molar-refractivity contribution in [3.63, 3.8) is 0 Å². The number of anilines is 2. The molecule has 130 valence electrons. The smallest absolute Gasteiger partial charge is 0.248 e. The van der Waals surface area contributed by atoms with E-state index >= 15 is 0 Å².